The van der Waals surface area contributed by atoms with Crippen molar-refractivity contribution < 1.29 is 23.9 Å². The maximum absolute atomic E-state index is 11.6. The molecular weight excluding hydrogens is 266 g/mol. The van der Waals surface area contributed by atoms with Crippen molar-refractivity contribution in [1.82, 2.24) is 16.0 Å². The highest BCUT2D eigenvalue weighted by Gasteiger charge is 2.19. The molecule has 8 heteroatoms. The third-order valence-corrected chi connectivity index (χ3v) is 2.90. The quantitative estimate of drug-likeness (QED) is 0.621. The maximum atomic E-state index is 11.6. The van der Waals surface area contributed by atoms with Gasteiger partial charge in [0, 0.05) is 19.0 Å². The second kappa shape index (κ2) is 6.09. The van der Waals surface area contributed by atoms with Crippen LogP contribution in [0.15, 0.2) is 16.5 Å². The van der Waals surface area contributed by atoms with Crippen molar-refractivity contribution in [2.75, 3.05) is 6.54 Å². The third kappa shape index (κ3) is 3.74. The number of rotatable bonds is 4. The second-order valence-electron chi connectivity index (χ2n) is 4.44. The first kappa shape index (κ1) is 13.9. The van der Waals surface area contributed by atoms with Crippen LogP contribution >= 0.6 is 0 Å². The Balaban J connectivity index is 1.74. The van der Waals surface area contributed by atoms with E-state index in [2.05, 4.69) is 16.0 Å². The Morgan fingerprint density at radius 3 is 2.85 bits per heavy atom. The summed E-state index contributed by atoms with van der Waals surface area (Å²) in [6.07, 6.45) is 0.994. The Labute approximate surface area is 114 Å². The van der Waals surface area contributed by atoms with E-state index < -0.39 is 5.97 Å². The average molecular weight is 281 g/mol. The topological polar surface area (TPSA) is 121 Å². The van der Waals surface area contributed by atoms with Gasteiger partial charge in [0.05, 0.1) is 6.54 Å². The molecule has 1 fully saturated rings. The highest BCUT2D eigenvalue weighted by atomic mass is 16.4. The molecule has 2 rings (SSSR count). The molecule has 8 nitrogen and oxygen atoms in total. The fourth-order valence-corrected chi connectivity index (χ4v) is 1.85. The van der Waals surface area contributed by atoms with Crippen LogP contribution in [0.3, 0.4) is 0 Å². The number of carbonyl (C=O) groups excluding carboxylic acids is 2. The second-order valence-corrected chi connectivity index (χ2v) is 4.44. The standard InChI is InChI=1S/C12H15N3O5/c16-10-4-1-7(5-13-10)15-12(19)14-6-8-2-3-9(20-8)11(17)18/h2-3,7H,1,4-6H2,(H,13,16)(H,17,18)(H2,14,15,19). The van der Waals surface area contributed by atoms with E-state index in [0.29, 0.717) is 25.1 Å². The van der Waals surface area contributed by atoms with Gasteiger partial charge in [-0.15, -0.1) is 0 Å². The first-order valence-electron chi connectivity index (χ1n) is 6.17. The van der Waals surface area contributed by atoms with Crippen LogP contribution in [0, 0.1) is 0 Å². The SMILES string of the molecule is O=C1CCC(NC(=O)NCc2ccc(C(=O)O)o2)CN1. The van der Waals surface area contributed by atoms with Gasteiger partial charge in [0.1, 0.15) is 5.76 Å². The summed E-state index contributed by atoms with van der Waals surface area (Å²) in [7, 11) is 0. The lowest BCUT2D eigenvalue weighted by atomic mass is 10.1. The zero-order chi connectivity index (χ0) is 14.5. The van der Waals surface area contributed by atoms with Crippen molar-refractivity contribution >= 4 is 17.9 Å². The van der Waals surface area contributed by atoms with E-state index in [0.717, 1.165) is 0 Å². The molecule has 0 radical (unpaired) electrons. The molecule has 0 saturated carbocycles. The van der Waals surface area contributed by atoms with Gasteiger partial charge < -0.3 is 25.5 Å². The molecule has 4 N–H and O–H groups in total. The van der Waals surface area contributed by atoms with E-state index in [1.54, 1.807) is 0 Å². The first-order valence-corrected chi connectivity index (χ1v) is 6.17. The van der Waals surface area contributed by atoms with Crippen molar-refractivity contribution in [3.05, 3.63) is 23.7 Å². The molecule has 1 atom stereocenters. The van der Waals surface area contributed by atoms with Gasteiger partial charge >= 0.3 is 12.0 Å². The number of carboxylic acid groups (broad SMARTS) is 1. The van der Waals surface area contributed by atoms with E-state index in [1.807, 2.05) is 0 Å². The molecule has 3 amide bonds. The monoisotopic (exact) mass is 281 g/mol. The number of carbonyl (C=O) groups is 3. The van der Waals surface area contributed by atoms with Gasteiger partial charge in [-0.2, -0.15) is 0 Å². The number of hydrogen-bond acceptors (Lipinski definition) is 4. The van der Waals surface area contributed by atoms with Crippen molar-refractivity contribution in [2.24, 2.45) is 0 Å². The minimum Gasteiger partial charge on any atom is -0.475 e. The summed E-state index contributed by atoms with van der Waals surface area (Å²) in [6.45, 7) is 0.508. The molecule has 1 aromatic rings. The lowest BCUT2D eigenvalue weighted by Gasteiger charge is -2.23. The van der Waals surface area contributed by atoms with Crippen molar-refractivity contribution in [3.8, 4) is 0 Å². The molecule has 1 aromatic heterocycles. The van der Waals surface area contributed by atoms with Gasteiger partial charge in [0.15, 0.2) is 0 Å². The maximum Gasteiger partial charge on any atom is 0.371 e. The molecule has 1 saturated heterocycles. The summed E-state index contributed by atoms with van der Waals surface area (Å²) in [5, 5.41) is 16.6. The number of carboxylic acids is 1. The Bertz CT molecular complexity index is 515. The summed E-state index contributed by atoms with van der Waals surface area (Å²) in [6, 6.07) is 2.33. The zero-order valence-electron chi connectivity index (χ0n) is 10.6. The molecule has 1 aliphatic heterocycles. The number of furan rings is 1. The van der Waals surface area contributed by atoms with E-state index in [9.17, 15) is 14.4 Å². The largest absolute Gasteiger partial charge is 0.475 e. The van der Waals surface area contributed by atoms with Gasteiger partial charge in [-0.05, 0) is 18.6 Å². The molecule has 1 aliphatic rings. The number of nitrogens with one attached hydrogen (secondary N) is 3. The minimum atomic E-state index is -1.15. The smallest absolute Gasteiger partial charge is 0.371 e. The zero-order valence-corrected chi connectivity index (χ0v) is 10.6. The molecule has 20 heavy (non-hydrogen) atoms. The van der Waals surface area contributed by atoms with Gasteiger partial charge in [-0.1, -0.05) is 0 Å². The Kier molecular flexibility index (Phi) is 4.24. The highest BCUT2D eigenvalue weighted by Crippen LogP contribution is 2.07. The number of hydrogen-bond donors (Lipinski definition) is 4. The van der Waals surface area contributed by atoms with E-state index in [-0.39, 0.29) is 30.3 Å². The Morgan fingerprint density at radius 2 is 2.25 bits per heavy atom. The number of urea groups is 1. The summed E-state index contributed by atoms with van der Waals surface area (Å²) in [5.74, 6) is -0.981. The van der Waals surface area contributed by atoms with Gasteiger partial charge in [0.2, 0.25) is 11.7 Å². The molecule has 0 bridgehead atoms. The van der Waals surface area contributed by atoms with Crippen LogP contribution in [0.5, 0.6) is 0 Å². The fourth-order valence-electron chi connectivity index (χ4n) is 1.85. The van der Waals surface area contributed by atoms with Crippen LogP contribution in [0.4, 0.5) is 4.79 Å². The Morgan fingerprint density at radius 1 is 1.45 bits per heavy atom. The summed E-state index contributed by atoms with van der Waals surface area (Å²) in [5.41, 5.74) is 0. The Hall–Kier alpha value is -2.51. The summed E-state index contributed by atoms with van der Waals surface area (Å²) < 4.78 is 5.00. The first-order chi connectivity index (χ1) is 9.54. The third-order valence-electron chi connectivity index (χ3n) is 2.90. The van der Waals surface area contributed by atoms with Crippen LogP contribution in [-0.4, -0.2) is 35.6 Å². The van der Waals surface area contributed by atoms with Crippen molar-refractivity contribution in [2.45, 2.75) is 25.4 Å². The molecule has 0 aliphatic carbocycles. The van der Waals surface area contributed by atoms with E-state index >= 15 is 0 Å². The summed E-state index contributed by atoms with van der Waals surface area (Å²) >= 11 is 0. The predicted octanol–water partition coefficient (Wildman–Crippen LogP) is 0.0556. The van der Waals surface area contributed by atoms with Gasteiger partial charge in [-0.25, -0.2) is 9.59 Å². The normalized spacial score (nSPS) is 18.2. The summed E-state index contributed by atoms with van der Waals surface area (Å²) in [4.78, 5) is 33.2. The van der Waals surface area contributed by atoms with Crippen LogP contribution < -0.4 is 16.0 Å². The number of piperidine rings is 1. The van der Waals surface area contributed by atoms with Crippen LogP contribution in [-0.2, 0) is 11.3 Å². The van der Waals surface area contributed by atoms with Crippen LogP contribution in [0.25, 0.3) is 0 Å². The van der Waals surface area contributed by atoms with Crippen molar-refractivity contribution in [1.29, 1.82) is 0 Å². The molecular formula is C12H15N3O5. The van der Waals surface area contributed by atoms with Crippen LogP contribution in [0.2, 0.25) is 0 Å². The van der Waals surface area contributed by atoms with E-state index in [1.165, 1.54) is 12.1 Å². The highest BCUT2D eigenvalue weighted by molar-refractivity contribution is 5.84. The molecule has 2 heterocycles. The number of amides is 3. The average Bonchev–Trinajstić information content (AvgIpc) is 2.88. The number of aromatic carboxylic acids is 1. The molecule has 1 unspecified atom stereocenters. The van der Waals surface area contributed by atoms with Gasteiger partial charge in [0.25, 0.3) is 0 Å². The van der Waals surface area contributed by atoms with Crippen LogP contribution in [0.1, 0.15) is 29.2 Å². The lowest BCUT2D eigenvalue weighted by molar-refractivity contribution is -0.122. The lowest BCUT2D eigenvalue weighted by Crippen LogP contribution is -2.50. The molecule has 108 valence electrons. The predicted molar refractivity (Wildman–Crippen MR) is 67.1 cm³/mol. The molecule has 0 aromatic carbocycles. The fraction of sp³-hybridized carbons (Fsp3) is 0.417. The molecule has 0 spiro atoms. The van der Waals surface area contributed by atoms with Crippen molar-refractivity contribution in [3.63, 3.8) is 0 Å². The van der Waals surface area contributed by atoms with Gasteiger partial charge in [-0.3, -0.25) is 4.79 Å². The van der Waals surface area contributed by atoms with E-state index in [4.69, 9.17) is 9.52 Å². The minimum absolute atomic E-state index is 0.0137.